The quantitative estimate of drug-likeness (QED) is 0.882. The number of nitrogens with two attached hydrogens (primary N) is 1. The fraction of sp³-hybridized carbons (Fsp3) is 0.250. The van der Waals surface area contributed by atoms with Crippen LogP contribution in [0.15, 0.2) is 18.2 Å². The van der Waals surface area contributed by atoms with Crippen LogP contribution in [-0.4, -0.2) is 21.6 Å². The summed E-state index contributed by atoms with van der Waals surface area (Å²) in [5, 5.41) is 3.11. The summed E-state index contributed by atoms with van der Waals surface area (Å²) in [5.41, 5.74) is 5.90. The third kappa shape index (κ3) is 3.67. The lowest BCUT2D eigenvalue weighted by molar-refractivity contribution is 0.292. The van der Waals surface area contributed by atoms with Gasteiger partial charge in [0, 0.05) is 0 Å². The van der Waals surface area contributed by atoms with E-state index in [0.29, 0.717) is 17.3 Å². The number of ether oxygens (including phenoxy) is 1. The molecule has 0 amide bonds. The van der Waals surface area contributed by atoms with E-state index in [-0.39, 0.29) is 17.9 Å². The van der Waals surface area contributed by atoms with Crippen molar-refractivity contribution in [3.05, 3.63) is 29.0 Å². The molecule has 0 saturated heterocycles. The van der Waals surface area contributed by atoms with Crippen LogP contribution in [0.25, 0.3) is 0 Å². The van der Waals surface area contributed by atoms with Crippen molar-refractivity contribution in [2.75, 3.05) is 17.7 Å². The lowest BCUT2D eigenvalue weighted by Gasteiger charge is -2.09. The number of nitrogens with zero attached hydrogens (tertiary/aromatic N) is 3. The number of aromatic nitrogens is 3. The SMILES string of the molecule is CCCOc1nc(N)nc(Nc2cc(F)ccc2Cl)n1. The molecule has 0 radical (unpaired) electrons. The minimum absolute atomic E-state index is 0.00104. The Labute approximate surface area is 120 Å². The summed E-state index contributed by atoms with van der Waals surface area (Å²) in [6.07, 6.45) is 0.810. The van der Waals surface area contributed by atoms with Crippen molar-refractivity contribution in [2.24, 2.45) is 0 Å². The van der Waals surface area contributed by atoms with Crippen molar-refractivity contribution in [2.45, 2.75) is 13.3 Å². The zero-order chi connectivity index (χ0) is 14.5. The smallest absolute Gasteiger partial charge is 0.323 e. The molecule has 1 aromatic heterocycles. The fourth-order valence-electron chi connectivity index (χ4n) is 1.40. The highest BCUT2D eigenvalue weighted by atomic mass is 35.5. The molecule has 0 aliphatic heterocycles. The van der Waals surface area contributed by atoms with E-state index < -0.39 is 5.82 Å². The number of rotatable bonds is 5. The van der Waals surface area contributed by atoms with Gasteiger partial charge in [-0.3, -0.25) is 0 Å². The summed E-state index contributed by atoms with van der Waals surface area (Å²) in [6, 6.07) is 4.02. The first kappa shape index (κ1) is 14.3. The van der Waals surface area contributed by atoms with Crippen LogP contribution in [0.4, 0.5) is 22.0 Å². The minimum Gasteiger partial charge on any atom is -0.463 e. The number of nitrogen functional groups attached to an aromatic ring is 1. The van der Waals surface area contributed by atoms with E-state index in [4.69, 9.17) is 22.1 Å². The van der Waals surface area contributed by atoms with Gasteiger partial charge >= 0.3 is 6.01 Å². The van der Waals surface area contributed by atoms with Gasteiger partial charge in [-0.25, -0.2) is 4.39 Å². The minimum atomic E-state index is -0.429. The Hall–Kier alpha value is -2.15. The highest BCUT2D eigenvalue weighted by Gasteiger charge is 2.08. The van der Waals surface area contributed by atoms with Crippen LogP contribution < -0.4 is 15.8 Å². The van der Waals surface area contributed by atoms with Crippen LogP contribution in [0.2, 0.25) is 5.02 Å². The lowest BCUT2D eigenvalue weighted by atomic mass is 10.3. The molecular formula is C12H13ClFN5O. The highest BCUT2D eigenvalue weighted by molar-refractivity contribution is 6.33. The molecule has 8 heteroatoms. The molecule has 6 nitrogen and oxygen atoms in total. The Bertz CT molecular complexity index is 610. The summed E-state index contributed by atoms with van der Waals surface area (Å²) in [4.78, 5) is 11.8. The topological polar surface area (TPSA) is 86.0 Å². The second-order valence-corrected chi connectivity index (χ2v) is 4.30. The van der Waals surface area contributed by atoms with Gasteiger partial charge in [-0.2, -0.15) is 15.0 Å². The summed E-state index contributed by atoms with van der Waals surface area (Å²) in [5.74, 6) is -0.293. The molecule has 1 aromatic carbocycles. The van der Waals surface area contributed by atoms with Crippen molar-refractivity contribution in [3.63, 3.8) is 0 Å². The van der Waals surface area contributed by atoms with Crippen LogP contribution >= 0.6 is 11.6 Å². The van der Waals surface area contributed by atoms with Crippen LogP contribution in [0, 0.1) is 5.82 Å². The molecular weight excluding hydrogens is 285 g/mol. The number of hydrogen-bond acceptors (Lipinski definition) is 6. The number of benzene rings is 1. The summed E-state index contributed by atoms with van der Waals surface area (Å²) < 4.78 is 18.5. The maximum atomic E-state index is 13.2. The molecule has 106 valence electrons. The summed E-state index contributed by atoms with van der Waals surface area (Å²) in [6.45, 7) is 2.42. The maximum Gasteiger partial charge on any atom is 0.323 e. The zero-order valence-corrected chi connectivity index (χ0v) is 11.5. The Morgan fingerprint density at radius 1 is 1.35 bits per heavy atom. The van der Waals surface area contributed by atoms with Gasteiger partial charge in [0.1, 0.15) is 5.82 Å². The number of nitrogens with one attached hydrogen (secondary N) is 1. The Morgan fingerprint density at radius 2 is 2.15 bits per heavy atom. The molecule has 1 heterocycles. The molecule has 0 bridgehead atoms. The number of halogens is 2. The predicted octanol–water partition coefficient (Wildman–Crippen LogP) is 2.78. The normalized spacial score (nSPS) is 10.3. The molecule has 0 spiro atoms. The molecule has 20 heavy (non-hydrogen) atoms. The molecule has 0 saturated carbocycles. The van der Waals surface area contributed by atoms with Crippen LogP contribution in [0.1, 0.15) is 13.3 Å². The van der Waals surface area contributed by atoms with Gasteiger partial charge in [-0.15, -0.1) is 0 Å². The molecule has 0 aliphatic carbocycles. The predicted molar refractivity (Wildman–Crippen MR) is 74.7 cm³/mol. The third-order valence-corrected chi connectivity index (χ3v) is 2.57. The van der Waals surface area contributed by atoms with E-state index in [1.54, 1.807) is 0 Å². The molecule has 0 atom stereocenters. The maximum absolute atomic E-state index is 13.2. The van der Waals surface area contributed by atoms with Gasteiger partial charge in [-0.1, -0.05) is 18.5 Å². The molecule has 2 aromatic rings. The monoisotopic (exact) mass is 297 g/mol. The third-order valence-electron chi connectivity index (χ3n) is 2.24. The standard InChI is InChI=1S/C12H13ClFN5O/c1-2-5-20-12-18-10(15)17-11(19-12)16-9-6-7(14)3-4-8(9)13/h3-4,6H,2,5H2,1H3,(H3,15,16,17,18,19). The first-order valence-corrected chi connectivity index (χ1v) is 6.32. The summed E-state index contributed by atoms with van der Waals surface area (Å²) in [7, 11) is 0. The Morgan fingerprint density at radius 3 is 2.90 bits per heavy atom. The van der Waals surface area contributed by atoms with Crippen molar-refractivity contribution in [1.29, 1.82) is 0 Å². The van der Waals surface area contributed by atoms with E-state index in [0.717, 1.165) is 6.42 Å². The average Bonchev–Trinajstić information content (AvgIpc) is 2.40. The van der Waals surface area contributed by atoms with E-state index in [9.17, 15) is 4.39 Å². The van der Waals surface area contributed by atoms with Gasteiger partial charge < -0.3 is 15.8 Å². The van der Waals surface area contributed by atoms with E-state index in [1.807, 2.05) is 6.92 Å². The van der Waals surface area contributed by atoms with Crippen LogP contribution in [-0.2, 0) is 0 Å². The Balaban J connectivity index is 2.24. The molecule has 2 rings (SSSR count). The fourth-order valence-corrected chi connectivity index (χ4v) is 1.56. The highest BCUT2D eigenvalue weighted by Crippen LogP contribution is 2.25. The lowest BCUT2D eigenvalue weighted by Crippen LogP contribution is -2.07. The van der Waals surface area contributed by atoms with Crippen molar-refractivity contribution < 1.29 is 9.13 Å². The molecule has 0 unspecified atom stereocenters. The van der Waals surface area contributed by atoms with Crippen molar-refractivity contribution >= 4 is 29.2 Å². The van der Waals surface area contributed by atoms with E-state index in [1.165, 1.54) is 18.2 Å². The van der Waals surface area contributed by atoms with Gasteiger partial charge in [0.2, 0.25) is 11.9 Å². The van der Waals surface area contributed by atoms with Crippen LogP contribution in [0.3, 0.4) is 0 Å². The second kappa shape index (κ2) is 6.33. The van der Waals surface area contributed by atoms with Gasteiger partial charge in [-0.05, 0) is 24.6 Å². The molecule has 0 aliphatic rings. The van der Waals surface area contributed by atoms with Gasteiger partial charge in [0.25, 0.3) is 0 Å². The second-order valence-electron chi connectivity index (χ2n) is 3.90. The summed E-state index contributed by atoms with van der Waals surface area (Å²) >= 11 is 5.95. The Kier molecular flexibility index (Phi) is 4.52. The van der Waals surface area contributed by atoms with Gasteiger partial charge in [0.15, 0.2) is 0 Å². The number of anilines is 3. The number of hydrogen-bond donors (Lipinski definition) is 2. The largest absolute Gasteiger partial charge is 0.463 e. The van der Waals surface area contributed by atoms with Crippen molar-refractivity contribution in [1.82, 2.24) is 15.0 Å². The zero-order valence-electron chi connectivity index (χ0n) is 10.7. The van der Waals surface area contributed by atoms with E-state index >= 15 is 0 Å². The van der Waals surface area contributed by atoms with E-state index in [2.05, 4.69) is 20.3 Å². The van der Waals surface area contributed by atoms with Crippen LogP contribution in [0.5, 0.6) is 6.01 Å². The molecule has 3 N–H and O–H groups in total. The van der Waals surface area contributed by atoms with Crippen molar-refractivity contribution in [3.8, 4) is 6.01 Å². The first-order valence-electron chi connectivity index (χ1n) is 5.95. The van der Waals surface area contributed by atoms with Gasteiger partial charge in [0.05, 0.1) is 17.3 Å². The molecule has 0 fully saturated rings. The first-order chi connectivity index (χ1) is 9.58. The average molecular weight is 298 g/mol.